The number of unbranched alkanes of at least 4 members (excludes halogenated alkanes) is 1. The van der Waals surface area contributed by atoms with Crippen molar-refractivity contribution in [3.63, 3.8) is 0 Å². The summed E-state index contributed by atoms with van der Waals surface area (Å²) in [6.07, 6.45) is 6.00. The number of carbonyl (C=O) groups excluding carboxylic acids is 8. The SMILES string of the molecule is CC(C)C[C@H](NC(=O)[C@@H](N)CS)C(=O)N[C@@H](Cc1cnc[nH]1)C(=O)N[C@@H](CCCCN)C(=O)N1CCC[C@H]1C(=O)N[C@@H](Cc1c[nH]c2ccccc12)C(=O)N[C@@H](CO)C(=O)N[C@@H](CCCN=C(N)N)C(=O)N[C@@H](CS)C(=O)O. The van der Waals surface area contributed by atoms with Crippen LogP contribution in [-0.4, -0.2) is 181 Å². The van der Waals surface area contributed by atoms with Crippen LogP contribution < -0.4 is 60.2 Å². The molecule has 430 valence electrons. The van der Waals surface area contributed by atoms with E-state index < -0.39 is 114 Å². The molecule has 27 nitrogen and oxygen atoms in total. The fourth-order valence-electron chi connectivity index (χ4n) is 8.65. The number of thiol groups is 2. The number of rotatable bonds is 33. The molecule has 1 aromatic carbocycles. The average Bonchev–Trinajstić information content (AvgIpc) is 4.21. The molecular weight excluding hydrogens is 1050 g/mol. The number of hydrogen-bond donors (Lipinski definition) is 17. The van der Waals surface area contributed by atoms with Crippen LogP contribution in [0.2, 0.25) is 0 Å². The van der Waals surface area contributed by atoms with E-state index in [4.69, 9.17) is 22.9 Å². The number of aliphatic hydroxyl groups is 1. The van der Waals surface area contributed by atoms with Gasteiger partial charge >= 0.3 is 5.97 Å². The first-order valence-corrected chi connectivity index (χ1v) is 27.0. The van der Waals surface area contributed by atoms with Crippen LogP contribution in [0.4, 0.5) is 0 Å². The molecule has 1 saturated heterocycles. The quantitative estimate of drug-likeness (QED) is 0.0122. The monoisotopic (exact) mass is 1130 g/mol. The second kappa shape index (κ2) is 32.1. The molecule has 1 aliphatic rings. The maximum absolute atomic E-state index is 14.7. The van der Waals surface area contributed by atoms with Gasteiger partial charge in [0.25, 0.3) is 0 Å². The van der Waals surface area contributed by atoms with Gasteiger partial charge in [-0.05, 0) is 75.5 Å². The van der Waals surface area contributed by atoms with Gasteiger partial charge in [-0.2, -0.15) is 25.3 Å². The number of hydrogen-bond acceptors (Lipinski definition) is 16. The van der Waals surface area contributed by atoms with Crippen molar-refractivity contribution in [1.82, 2.24) is 57.1 Å². The molecule has 1 aliphatic heterocycles. The highest BCUT2D eigenvalue weighted by Gasteiger charge is 2.41. The number of aromatic nitrogens is 3. The number of para-hydroxylation sites is 1. The van der Waals surface area contributed by atoms with Crippen molar-refractivity contribution in [2.24, 2.45) is 33.8 Å². The van der Waals surface area contributed by atoms with E-state index >= 15 is 0 Å². The Labute approximate surface area is 462 Å². The van der Waals surface area contributed by atoms with Gasteiger partial charge in [-0.1, -0.05) is 32.0 Å². The molecule has 4 rings (SSSR count). The lowest BCUT2D eigenvalue weighted by molar-refractivity contribution is -0.143. The van der Waals surface area contributed by atoms with Crippen molar-refractivity contribution in [3.8, 4) is 0 Å². The van der Waals surface area contributed by atoms with Crippen molar-refractivity contribution < 1.29 is 53.4 Å². The molecule has 0 unspecified atom stereocenters. The summed E-state index contributed by atoms with van der Waals surface area (Å²) in [5.41, 5.74) is 24.3. The van der Waals surface area contributed by atoms with Crippen molar-refractivity contribution in [3.05, 3.63) is 54.2 Å². The number of carboxylic acid groups (broad SMARTS) is 1. The Morgan fingerprint density at radius 2 is 1.36 bits per heavy atom. The van der Waals surface area contributed by atoms with Crippen molar-refractivity contribution >= 4 is 95.3 Å². The first-order chi connectivity index (χ1) is 37.2. The minimum absolute atomic E-state index is 0.0199. The van der Waals surface area contributed by atoms with Crippen molar-refractivity contribution in [2.45, 2.75) is 132 Å². The van der Waals surface area contributed by atoms with Crippen LogP contribution in [0.5, 0.6) is 0 Å². The van der Waals surface area contributed by atoms with Gasteiger partial charge in [-0.3, -0.25) is 43.3 Å². The maximum Gasteiger partial charge on any atom is 0.327 e. The summed E-state index contributed by atoms with van der Waals surface area (Å²) in [6.45, 7) is 3.15. The van der Waals surface area contributed by atoms with E-state index in [2.05, 4.69) is 82.4 Å². The van der Waals surface area contributed by atoms with Gasteiger partial charge in [0.1, 0.15) is 48.3 Å². The molecule has 3 aromatic rings. The molecule has 19 N–H and O–H groups in total. The topological polar surface area (TPSA) is 442 Å². The second-order valence-corrected chi connectivity index (χ2v) is 20.0. The number of carboxylic acids is 1. The third-order valence-electron chi connectivity index (χ3n) is 12.8. The summed E-state index contributed by atoms with van der Waals surface area (Å²) in [5.74, 6) is -8.17. The van der Waals surface area contributed by atoms with E-state index in [0.717, 1.165) is 5.52 Å². The molecule has 0 saturated carbocycles. The molecule has 3 heterocycles. The van der Waals surface area contributed by atoms with E-state index in [1.165, 1.54) is 17.4 Å². The number of benzene rings is 1. The lowest BCUT2D eigenvalue weighted by atomic mass is 10.0. The fraction of sp³-hybridized carbons (Fsp3) is 0.571. The Balaban J connectivity index is 1.60. The third kappa shape index (κ3) is 19.5. The fourth-order valence-corrected chi connectivity index (χ4v) is 9.07. The molecule has 1 fully saturated rings. The lowest BCUT2D eigenvalue weighted by Gasteiger charge is -2.31. The van der Waals surface area contributed by atoms with Crippen LogP contribution in [0.25, 0.3) is 10.9 Å². The number of likely N-dealkylation sites (tertiary alicyclic amines) is 1. The van der Waals surface area contributed by atoms with Gasteiger partial charge in [0.2, 0.25) is 47.3 Å². The van der Waals surface area contributed by atoms with Gasteiger partial charge < -0.3 is 85.2 Å². The molecular formula is C49H76N16O11S2. The highest BCUT2D eigenvalue weighted by Crippen LogP contribution is 2.23. The van der Waals surface area contributed by atoms with Crippen LogP contribution in [0.15, 0.2) is 48.0 Å². The second-order valence-electron chi connectivity index (χ2n) is 19.3. The molecule has 0 aliphatic carbocycles. The zero-order valence-electron chi connectivity index (χ0n) is 43.7. The molecule has 0 radical (unpaired) electrons. The number of H-pyrrole nitrogens is 2. The number of nitrogens with two attached hydrogens (primary N) is 4. The number of nitrogens with zero attached hydrogens (tertiary/aromatic N) is 3. The zero-order valence-corrected chi connectivity index (χ0v) is 45.5. The van der Waals surface area contributed by atoms with Gasteiger partial charge in [0, 0.05) is 66.4 Å². The number of fused-ring (bicyclic) bond motifs is 1. The van der Waals surface area contributed by atoms with Gasteiger partial charge in [-0.25, -0.2) is 9.78 Å². The van der Waals surface area contributed by atoms with E-state index in [0.29, 0.717) is 35.9 Å². The Kier molecular flexibility index (Phi) is 26.1. The van der Waals surface area contributed by atoms with Crippen LogP contribution >= 0.6 is 25.3 Å². The first kappa shape index (κ1) is 63.6. The molecule has 8 amide bonds. The summed E-state index contributed by atoms with van der Waals surface area (Å²) in [7, 11) is 0. The number of imidazole rings is 1. The highest BCUT2D eigenvalue weighted by molar-refractivity contribution is 7.80. The first-order valence-electron chi connectivity index (χ1n) is 25.7. The van der Waals surface area contributed by atoms with Crippen LogP contribution in [-0.2, 0) is 56.0 Å². The average molecular weight is 1130 g/mol. The third-order valence-corrected chi connectivity index (χ3v) is 13.6. The largest absolute Gasteiger partial charge is 0.480 e. The smallest absolute Gasteiger partial charge is 0.327 e. The summed E-state index contributed by atoms with van der Waals surface area (Å²) in [4.78, 5) is 139. The number of nitrogens with one attached hydrogen (secondary N) is 9. The molecule has 2 aromatic heterocycles. The summed E-state index contributed by atoms with van der Waals surface area (Å²) in [5, 5.41) is 38.9. The van der Waals surface area contributed by atoms with Crippen molar-refractivity contribution in [2.75, 3.05) is 37.7 Å². The standard InChI is InChI=1S/C49H76N16O11S2/c1-26(2)17-34(60-40(67)30(51)23-77)42(69)61-36(19-28-21-54-25-57-28)44(71)59-33(11-5-6-14-50)47(74)65-16-8-13-39(65)46(73)62-35(18-27-20-56-31-10-4-3-9-29(27)31)43(70)63-37(22-66)45(72)58-32(12-7-15-55-49(52)53)41(68)64-38(24-78)48(75)76/h3-4,9-10,20-21,25-26,30,32-39,56,66,77-78H,5-8,11-19,22-24,50-51H2,1-2H3,(H,54,57)(H,58,72)(H,59,71)(H,60,67)(H,61,69)(H,62,73)(H,63,70)(H,64,68)(H,75,76)(H4,52,53,55)/t30-,32-,33-,34-,35-,36-,37-,38-,39-/m0/s1. The maximum atomic E-state index is 14.7. The van der Waals surface area contributed by atoms with Crippen LogP contribution in [0, 0.1) is 5.92 Å². The Hall–Kier alpha value is -6.95. The Bertz CT molecular complexity index is 2530. The number of aliphatic carboxylic acids is 1. The predicted octanol–water partition coefficient (Wildman–Crippen LogP) is -3.45. The van der Waals surface area contributed by atoms with E-state index in [1.807, 2.05) is 13.8 Å². The van der Waals surface area contributed by atoms with Crippen LogP contribution in [0.1, 0.15) is 76.5 Å². The van der Waals surface area contributed by atoms with Gasteiger partial charge in [-0.15, -0.1) is 0 Å². The minimum Gasteiger partial charge on any atom is -0.480 e. The molecule has 29 heteroatoms. The molecule has 9 atom stereocenters. The summed E-state index contributed by atoms with van der Waals surface area (Å²) in [6, 6.07) is -4.52. The number of aromatic amines is 2. The molecule has 78 heavy (non-hydrogen) atoms. The Morgan fingerprint density at radius 3 is 1.99 bits per heavy atom. The van der Waals surface area contributed by atoms with Crippen LogP contribution in [0.3, 0.4) is 0 Å². The molecule has 0 bridgehead atoms. The van der Waals surface area contributed by atoms with E-state index in [-0.39, 0.29) is 88.0 Å². The number of aliphatic imine (C=N–C) groups is 1. The lowest BCUT2D eigenvalue weighted by Crippen LogP contribution is -2.61. The highest BCUT2D eigenvalue weighted by atomic mass is 32.1. The summed E-state index contributed by atoms with van der Waals surface area (Å²) >= 11 is 8.07. The number of carbonyl (C=O) groups is 9. The van der Waals surface area contributed by atoms with Gasteiger partial charge in [0.15, 0.2) is 5.96 Å². The van der Waals surface area contributed by atoms with E-state index in [9.17, 15) is 53.4 Å². The summed E-state index contributed by atoms with van der Waals surface area (Å²) < 4.78 is 0. The molecule has 0 spiro atoms. The minimum atomic E-state index is -1.70. The van der Waals surface area contributed by atoms with Crippen molar-refractivity contribution in [1.29, 1.82) is 0 Å². The van der Waals surface area contributed by atoms with E-state index in [1.54, 1.807) is 30.5 Å². The van der Waals surface area contributed by atoms with Gasteiger partial charge in [0.05, 0.1) is 19.0 Å². The number of amides is 8. The number of aliphatic hydroxyl groups excluding tert-OH is 1. The zero-order chi connectivity index (χ0) is 57.5. The normalized spacial score (nSPS) is 16.3. The predicted molar refractivity (Wildman–Crippen MR) is 295 cm³/mol. The number of guanidine groups is 1. The Morgan fingerprint density at radius 1 is 0.756 bits per heavy atom.